The molecule has 4 saturated carbocycles. The Balaban J connectivity index is 1.27. The van der Waals surface area contributed by atoms with Crippen LogP contribution in [0, 0.1) is 34.5 Å². The average Bonchev–Trinajstić information content (AvgIpc) is 3.97. The maximum atomic E-state index is 14.9. The van der Waals surface area contributed by atoms with Gasteiger partial charge in [-0.05, 0) is 66.6 Å². The van der Waals surface area contributed by atoms with E-state index in [1.54, 1.807) is 4.90 Å². The first-order valence-electron chi connectivity index (χ1n) is 18.6. The van der Waals surface area contributed by atoms with Gasteiger partial charge in [0.2, 0.25) is 23.5 Å². The zero-order valence-electron chi connectivity index (χ0n) is 29.6. The predicted molar refractivity (Wildman–Crippen MR) is 183 cm³/mol. The second-order valence-corrected chi connectivity index (χ2v) is 16.5. The van der Waals surface area contributed by atoms with Gasteiger partial charge in [-0.15, -0.1) is 0 Å². The number of carbonyl (C=O) groups excluding carboxylic acids is 6. The molecule has 5 aliphatic rings. The third-order valence-electron chi connectivity index (χ3n) is 12.6. The number of hydrogen-bond donors (Lipinski definition) is 4. The molecule has 1 saturated heterocycles. The molecule has 4 aliphatic carbocycles. The molecule has 1 aliphatic heterocycles. The normalized spacial score (nSPS) is 27.2. The molecule has 5 fully saturated rings. The van der Waals surface area contributed by atoms with Crippen molar-refractivity contribution < 1.29 is 28.8 Å². The van der Waals surface area contributed by atoms with Gasteiger partial charge >= 0.3 is 0 Å². The minimum Gasteiger partial charge on any atom is -0.363 e. The van der Waals surface area contributed by atoms with Crippen LogP contribution in [0.15, 0.2) is 18.6 Å². The van der Waals surface area contributed by atoms with Crippen LogP contribution in [0.5, 0.6) is 0 Å². The highest BCUT2D eigenvalue weighted by atomic mass is 16.2. The van der Waals surface area contributed by atoms with E-state index in [9.17, 15) is 28.8 Å². The van der Waals surface area contributed by atoms with Crippen molar-refractivity contribution in [1.29, 1.82) is 0 Å². The van der Waals surface area contributed by atoms with Gasteiger partial charge in [0.15, 0.2) is 0 Å². The van der Waals surface area contributed by atoms with Crippen molar-refractivity contribution in [3.05, 3.63) is 24.3 Å². The summed E-state index contributed by atoms with van der Waals surface area (Å²) in [5.74, 6) is -3.54. The lowest BCUT2D eigenvalue weighted by molar-refractivity contribution is -0.148. The van der Waals surface area contributed by atoms with Gasteiger partial charge in [0, 0.05) is 18.9 Å². The molecule has 0 spiro atoms. The zero-order chi connectivity index (χ0) is 35.8. The number of hydrogen-bond acceptors (Lipinski definition) is 8. The van der Waals surface area contributed by atoms with Crippen LogP contribution in [-0.4, -0.2) is 80.9 Å². The van der Waals surface area contributed by atoms with Crippen molar-refractivity contribution in [1.82, 2.24) is 30.8 Å². The van der Waals surface area contributed by atoms with Crippen molar-refractivity contribution in [2.45, 2.75) is 128 Å². The first kappa shape index (κ1) is 35.9. The second kappa shape index (κ2) is 14.4. The summed E-state index contributed by atoms with van der Waals surface area (Å²) in [6, 6.07) is -3.70. The first-order chi connectivity index (χ1) is 23.8. The number of aromatic nitrogens is 2. The van der Waals surface area contributed by atoms with E-state index in [0.29, 0.717) is 13.0 Å². The van der Waals surface area contributed by atoms with Gasteiger partial charge in [-0.25, -0.2) is 4.98 Å². The number of primary amides is 1. The molecule has 0 aromatic carbocycles. The third kappa shape index (κ3) is 7.42. The van der Waals surface area contributed by atoms with Crippen LogP contribution in [0.3, 0.4) is 0 Å². The number of nitrogens with zero attached hydrogens (tertiary/aromatic N) is 3. The summed E-state index contributed by atoms with van der Waals surface area (Å²) in [7, 11) is 0. The van der Waals surface area contributed by atoms with E-state index in [0.717, 1.165) is 77.0 Å². The number of piperidine rings is 1. The summed E-state index contributed by atoms with van der Waals surface area (Å²) in [5.41, 5.74) is 4.71. The second-order valence-electron chi connectivity index (χ2n) is 16.5. The number of nitrogens with two attached hydrogens (primary N) is 1. The molecule has 6 atom stereocenters. The minimum absolute atomic E-state index is 0.0766. The summed E-state index contributed by atoms with van der Waals surface area (Å²) < 4.78 is 0. The molecule has 6 rings (SSSR count). The van der Waals surface area contributed by atoms with Gasteiger partial charge in [-0.1, -0.05) is 72.1 Å². The standard InChI is InChI=1S/C37H53N7O6/c1-36(2)23-20-44(28(26(23)36)34(49)41-24(18-21-12-13-21)29(45)31(38)46)35(50)30(37(3)14-8-5-9-15-37)43-33(48)27(22-10-6-4-7-11-22)42-32(47)25-19-39-16-17-40-25/h16-17,19,21-24,26-28,30H,4-15,18,20H2,1-3H3,(H2,38,46)(H,41,49)(H,42,47)(H,43,48)/t23-,24-,26-,27-,28-,30+/m0/s1. The molecule has 5 amide bonds. The highest BCUT2D eigenvalue weighted by Crippen LogP contribution is 2.65. The molecule has 2 heterocycles. The van der Waals surface area contributed by atoms with Gasteiger partial charge in [-0.3, -0.25) is 33.8 Å². The van der Waals surface area contributed by atoms with Crippen molar-refractivity contribution in [3.8, 4) is 0 Å². The number of likely N-dealkylation sites (tertiary alicyclic amines) is 1. The van der Waals surface area contributed by atoms with Crippen LogP contribution in [0.1, 0.15) is 115 Å². The highest BCUT2D eigenvalue weighted by Gasteiger charge is 2.70. The van der Waals surface area contributed by atoms with Crippen LogP contribution >= 0.6 is 0 Å². The van der Waals surface area contributed by atoms with Gasteiger partial charge in [0.05, 0.1) is 12.2 Å². The van der Waals surface area contributed by atoms with E-state index in [2.05, 4.69) is 39.8 Å². The Morgan fingerprint density at radius 2 is 1.58 bits per heavy atom. The fourth-order valence-electron chi connectivity index (χ4n) is 9.24. The number of ketones is 1. The topological polar surface area (TPSA) is 194 Å². The molecule has 0 bridgehead atoms. The van der Waals surface area contributed by atoms with Gasteiger partial charge in [0.1, 0.15) is 23.8 Å². The summed E-state index contributed by atoms with van der Waals surface area (Å²) in [6.45, 7) is 6.55. The van der Waals surface area contributed by atoms with E-state index >= 15 is 0 Å². The Morgan fingerprint density at radius 3 is 2.20 bits per heavy atom. The fourth-order valence-corrected chi connectivity index (χ4v) is 9.24. The molecule has 5 N–H and O–H groups in total. The van der Waals surface area contributed by atoms with Crippen LogP contribution in [0.25, 0.3) is 0 Å². The van der Waals surface area contributed by atoms with E-state index in [1.807, 2.05) is 6.92 Å². The molecular formula is C37H53N7O6. The van der Waals surface area contributed by atoms with E-state index in [4.69, 9.17) is 5.73 Å². The number of carbonyl (C=O) groups is 6. The Morgan fingerprint density at radius 1 is 0.900 bits per heavy atom. The lowest BCUT2D eigenvalue weighted by atomic mass is 9.69. The summed E-state index contributed by atoms with van der Waals surface area (Å²) >= 11 is 0. The van der Waals surface area contributed by atoms with E-state index < -0.39 is 59.0 Å². The van der Waals surface area contributed by atoms with Crippen molar-refractivity contribution >= 4 is 35.3 Å². The summed E-state index contributed by atoms with van der Waals surface area (Å²) in [4.78, 5) is 91.2. The van der Waals surface area contributed by atoms with E-state index in [-0.39, 0.29) is 40.7 Å². The number of Topliss-reactive ketones (excluding diaryl/α,β-unsaturated/α-hetero) is 1. The smallest absolute Gasteiger partial charge is 0.287 e. The lowest BCUT2D eigenvalue weighted by Gasteiger charge is -2.44. The zero-order valence-corrected chi connectivity index (χ0v) is 29.6. The molecule has 50 heavy (non-hydrogen) atoms. The van der Waals surface area contributed by atoms with Crippen LogP contribution in [-0.2, 0) is 24.0 Å². The van der Waals surface area contributed by atoms with Gasteiger partial charge in [0.25, 0.3) is 11.8 Å². The maximum Gasteiger partial charge on any atom is 0.287 e. The largest absolute Gasteiger partial charge is 0.363 e. The van der Waals surface area contributed by atoms with Crippen molar-refractivity contribution in [3.63, 3.8) is 0 Å². The number of nitrogens with one attached hydrogen (secondary N) is 3. The lowest BCUT2D eigenvalue weighted by Crippen LogP contribution is -2.63. The summed E-state index contributed by atoms with van der Waals surface area (Å²) in [5, 5.41) is 8.91. The van der Waals surface area contributed by atoms with Gasteiger partial charge in [-0.2, -0.15) is 0 Å². The Labute approximate surface area is 294 Å². The molecule has 1 aromatic heterocycles. The SMILES string of the molecule is CC1([C@H](NC(=O)[C@@H](NC(=O)c2cnccn2)C2CCCCC2)C(=O)N2C[C@H]3[C@@H]([C@H]2C(=O)N[C@@H](CC2CC2)C(=O)C(N)=O)C3(C)C)CCCCC1. The first-order valence-corrected chi connectivity index (χ1v) is 18.6. The highest BCUT2D eigenvalue weighted by molar-refractivity contribution is 6.37. The number of amides is 5. The van der Waals surface area contributed by atoms with Gasteiger partial charge < -0.3 is 26.6 Å². The molecule has 0 radical (unpaired) electrons. The van der Waals surface area contributed by atoms with Crippen molar-refractivity contribution in [2.75, 3.05) is 6.54 Å². The Bertz CT molecular complexity index is 1480. The molecule has 272 valence electrons. The van der Waals surface area contributed by atoms with Crippen LogP contribution in [0.4, 0.5) is 0 Å². The van der Waals surface area contributed by atoms with Crippen LogP contribution in [0.2, 0.25) is 0 Å². The molecule has 13 heteroatoms. The third-order valence-corrected chi connectivity index (χ3v) is 12.6. The molecule has 13 nitrogen and oxygen atoms in total. The van der Waals surface area contributed by atoms with Crippen LogP contribution < -0.4 is 21.7 Å². The molecule has 1 aromatic rings. The van der Waals surface area contributed by atoms with E-state index in [1.165, 1.54) is 18.6 Å². The Kier molecular flexibility index (Phi) is 10.3. The average molecular weight is 692 g/mol. The predicted octanol–water partition coefficient (Wildman–Crippen LogP) is 2.43. The quantitative estimate of drug-likeness (QED) is 0.227. The Hall–Kier alpha value is -3.90. The monoisotopic (exact) mass is 691 g/mol. The summed E-state index contributed by atoms with van der Waals surface area (Å²) in [6.07, 6.45) is 15.2. The minimum atomic E-state index is -1.09. The number of fused-ring (bicyclic) bond motifs is 1. The maximum absolute atomic E-state index is 14.9. The molecular weight excluding hydrogens is 638 g/mol. The van der Waals surface area contributed by atoms with Crippen molar-refractivity contribution in [2.24, 2.45) is 40.2 Å². The number of rotatable bonds is 13. The molecule has 0 unspecified atom stereocenters. The fraction of sp³-hybridized carbons (Fsp3) is 0.730.